The lowest BCUT2D eigenvalue weighted by Gasteiger charge is -2.04. The van der Waals surface area contributed by atoms with Gasteiger partial charge in [0.05, 0.1) is 18.7 Å². The van der Waals surface area contributed by atoms with Gasteiger partial charge in [-0.2, -0.15) is 0 Å². The molecule has 3 nitrogen and oxygen atoms in total. The minimum absolute atomic E-state index is 0.0655. The summed E-state index contributed by atoms with van der Waals surface area (Å²) in [5, 5.41) is 10.2. The van der Waals surface area contributed by atoms with E-state index >= 15 is 0 Å². The quantitative estimate of drug-likeness (QED) is 0.865. The molecule has 20 heavy (non-hydrogen) atoms. The van der Waals surface area contributed by atoms with Gasteiger partial charge in [0, 0.05) is 11.8 Å². The summed E-state index contributed by atoms with van der Waals surface area (Å²) < 4.78 is 5.10. The molecule has 0 spiro atoms. The molecule has 0 unspecified atom stereocenters. The van der Waals surface area contributed by atoms with E-state index in [2.05, 4.69) is 4.99 Å². The summed E-state index contributed by atoms with van der Waals surface area (Å²) >= 11 is 5.92. The van der Waals surface area contributed by atoms with E-state index in [0.29, 0.717) is 17.1 Å². The maximum Gasteiger partial charge on any atom is 0.142 e. The molecular weight excluding hydrogens is 274 g/mol. The number of rotatable bonds is 4. The molecule has 0 amide bonds. The first-order valence-electron chi connectivity index (χ1n) is 6.22. The van der Waals surface area contributed by atoms with Crippen LogP contribution >= 0.6 is 11.6 Å². The number of hydrogen-bond acceptors (Lipinski definition) is 3. The number of aryl methyl sites for hydroxylation is 1. The topological polar surface area (TPSA) is 41.8 Å². The number of aromatic hydroxyl groups is 1. The van der Waals surface area contributed by atoms with E-state index < -0.39 is 0 Å². The molecule has 0 bridgehead atoms. The van der Waals surface area contributed by atoms with Gasteiger partial charge in [-0.1, -0.05) is 23.7 Å². The summed E-state index contributed by atoms with van der Waals surface area (Å²) in [5.74, 6) is 0.886. The summed E-state index contributed by atoms with van der Waals surface area (Å²) in [7, 11) is 1.64. The molecule has 0 aliphatic carbocycles. The highest BCUT2D eigenvalue weighted by molar-refractivity contribution is 6.32. The van der Waals surface area contributed by atoms with Crippen LogP contribution in [0.3, 0.4) is 0 Å². The second kappa shape index (κ2) is 6.44. The molecule has 0 atom stereocenters. The summed E-state index contributed by atoms with van der Waals surface area (Å²) in [6.07, 6.45) is 1.64. The van der Waals surface area contributed by atoms with Crippen molar-refractivity contribution >= 4 is 17.8 Å². The first-order valence-corrected chi connectivity index (χ1v) is 6.60. The Morgan fingerprint density at radius 3 is 2.60 bits per heavy atom. The Balaban J connectivity index is 2.09. The zero-order valence-corrected chi connectivity index (χ0v) is 12.2. The second-order valence-corrected chi connectivity index (χ2v) is 4.91. The number of phenolic OH excluding ortho intramolecular Hbond substituents is 1. The van der Waals surface area contributed by atoms with Crippen LogP contribution in [0.5, 0.6) is 11.5 Å². The van der Waals surface area contributed by atoms with Gasteiger partial charge in [0.1, 0.15) is 11.5 Å². The molecular formula is C16H16ClNO2. The van der Waals surface area contributed by atoms with Gasteiger partial charge in [-0.05, 0) is 42.3 Å². The molecule has 0 heterocycles. The molecule has 1 N–H and O–H groups in total. The first-order chi connectivity index (χ1) is 9.60. The van der Waals surface area contributed by atoms with Crippen LogP contribution in [0.2, 0.25) is 5.02 Å². The fourth-order valence-corrected chi connectivity index (χ4v) is 2.12. The van der Waals surface area contributed by atoms with E-state index in [-0.39, 0.29) is 5.75 Å². The van der Waals surface area contributed by atoms with Gasteiger partial charge in [-0.3, -0.25) is 4.99 Å². The first kappa shape index (κ1) is 14.4. The van der Waals surface area contributed by atoms with Gasteiger partial charge in [0.2, 0.25) is 0 Å². The van der Waals surface area contributed by atoms with Crippen LogP contribution in [0.4, 0.5) is 0 Å². The van der Waals surface area contributed by atoms with Gasteiger partial charge in [0.25, 0.3) is 0 Å². The van der Waals surface area contributed by atoms with Crippen LogP contribution in [0.25, 0.3) is 0 Å². The fourth-order valence-electron chi connectivity index (χ4n) is 1.84. The number of phenols is 1. The van der Waals surface area contributed by atoms with Crippen molar-refractivity contribution in [3.05, 3.63) is 58.1 Å². The number of halogens is 1. The molecule has 0 saturated heterocycles. The van der Waals surface area contributed by atoms with E-state index in [1.54, 1.807) is 19.4 Å². The fraction of sp³-hybridized carbons (Fsp3) is 0.188. The molecule has 2 aromatic rings. The van der Waals surface area contributed by atoms with Crippen LogP contribution in [-0.4, -0.2) is 18.4 Å². The van der Waals surface area contributed by atoms with Crippen molar-refractivity contribution in [3.8, 4) is 11.5 Å². The van der Waals surface area contributed by atoms with Crippen LogP contribution in [0.1, 0.15) is 16.7 Å². The van der Waals surface area contributed by atoms with Crippen molar-refractivity contribution in [1.82, 2.24) is 0 Å². The van der Waals surface area contributed by atoms with Crippen LogP contribution in [0, 0.1) is 6.92 Å². The number of nitrogens with zero attached hydrogens (tertiary/aromatic N) is 1. The monoisotopic (exact) mass is 289 g/mol. The molecule has 0 fully saturated rings. The van der Waals surface area contributed by atoms with Gasteiger partial charge in [-0.15, -0.1) is 0 Å². The van der Waals surface area contributed by atoms with Gasteiger partial charge in [-0.25, -0.2) is 0 Å². The number of aliphatic imine (C=N–C) groups is 1. The Morgan fingerprint density at radius 1 is 1.25 bits per heavy atom. The highest BCUT2D eigenvalue weighted by Crippen LogP contribution is 2.27. The van der Waals surface area contributed by atoms with Crippen molar-refractivity contribution in [1.29, 1.82) is 0 Å². The van der Waals surface area contributed by atoms with Crippen LogP contribution in [0.15, 0.2) is 41.4 Å². The second-order valence-electron chi connectivity index (χ2n) is 4.50. The standard InChI is InChI=1S/C16H16ClNO2/c1-11-7-13(16(19)15(17)8-11)10-18-9-12-3-5-14(20-2)6-4-12/h3-8,10,19H,9H2,1-2H3. The molecule has 104 valence electrons. The molecule has 2 rings (SSSR count). The maximum atomic E-state index is 9.85. The van der Waals surface area contributed by atoms with Gasteiger partial charge >= 0.3 is 0 Å². The highest BCUT2D eigenvalue weighted by atomic mass is 35.5. The number of hydrogen-bond donors (Lipinski definition) is 1. The van der Waals surface area contributed by atoms with Crippen LogP contribution < -0.4 is 4.74 Å². The summed E-state index contributed by atoms with van der Waals surface area (Å²) in [4.78, 5) is 4.33. The molecule has 0 aliphatic rings. The van der Waals surface area contributed by atoms with E-state index in [4.69, 9.17) is 16.3 Å². The third kappa shape index (κ3) is 3.52. The summed E-state index contributed by atoms with van der Waals surface area (Å²) in [5.41, 5.74) is 2.68. The maximum absolute atomic E-state index is 9.85. The minimum Gasteiger partial charge on any atom is -0.506 e. The number of ether oxygens (including phenoxy) is 1. The third-order valence-corrected chi connectivity index (χ3v) is 3.19. The Morgan fingerprint density at radius 2 is 1.95 bits per heavy atom. The lowest BCUT2D eigenvalue weighted by molar-refractivity contribution is 0.414. The highest BCUT2D eigenvalue weighted by Gasteiger charge is 2.04. The minimum atomic E-state index is 0.0655. The number of methoxy groups -OCH3 is 1. The lowest BCUT2D eigenvalue weighted by atomic mass is 10.1. The van der Waals surface area contributed by atoms with E-state index in [9.17, 15) is 5.11 Å². The lowest BCUT2D eigenvalue weighted by Crippen LogP contribution is -1.88. The average molecular weight is 290 g/mol. The van der Waals surface area contributed by atoms with Crippen molar-refractivity contribution in [3.63, 3.8) is 0 Å². The largest absolute Gasteiger partial charge is 0.506 e. The molecule has 4 heteroatoms. The Bertz CT molecular complexity index is 621. The zero-order valence-electron chi connectivity index (χ0n) is 11.4. The Labute approximate surface area is 123 Å². The molecule has 2 aromatic carbocycles. The summed E-state index contributed by atoms with van der Waals surface area (Å²) in [6, 6.07) is 11.3. The van der Waals surface area contributed by atoms with Gasteiger partial charge in [0.15, 0.2) is 0 Å². The van der Waals surface area contributed by atoms with E-state index in [0.717, 1.165) is 16.9 Å². The Hall–Kier alpha value is -2.00. The molecule has 0 aromatic heterocycles. The smallest absolute Gasteiger partial charge is 0.142 e. The van der Waals surface area contributed by atoms with Gasteiger partial charge < -0.3 is 9.84 Å². The molecule has 0 radical (unpaired) electrons. The zero-order chi connectivity index (χ0) is 14.5. The predicted molar refractivity (Wildman–Crippen MR) is 82.1 cm³/mol. The van der Waals surface area contributed by atoms with Crippen molar-refractivity contribution < 1.29 is 9.84 Å². The van der Waals surface area contributed by atoms with Crippen molar-refractivity contribution in [2.45, 2.75) is 13.5 Å². The molecule has 0 aliphatic heterocycles. The summed E-state index contributed by atoms with van der Waals surface area (Å²) in [6.45, 7) is 2.46. The normalized spacial score (nSPS) is 10.9. The SMILES string of the molecule is COc1ccc(CN=Cc2cc(C)cc(Cl)c2O)cc1. The van der Waals surface area contributed by atoms with E-state index in [1.165, 1.54) is 0 Å². The number of benzene rings is 2. The van der Waals surface area contributed by atoms with Crippen molar-refractivity contribution in [2.75, 3.05) is 7.11 Å². The molecule has 0 saturated carbocycles. The average Bonchev–Trinajstić information content (AvgIpc) is 2.44. The Kier molecular flexibility index (Phi) is 4.64. The third-order valence-electron chi connectivity index (χ3n) is 2.90. The van der Waals surface area contributed by atoms with Crippen LogP contribution in [-0.2, 0) is 6.54 Å². The van der Waals surface area contributed by atoms with Crippen molar-refractivity contribution in [2.24, 2.45) is 4.99 Å². The van der Waals surface area contributed by atoms with E-state index in [1.807, 2.05) is 37.3 Å². The predicted octanol–water partition coefficient (Wildman–Crippen LogP) is 3.98.